The minimum atomic E-state index is 0.669. The second-order valence-electron chi connectivity index (χ2n) is 5.44. The highest BCUT2D eigenvalue weighted by atomic mass is 15.2. The third-order valence-electron chi connectivity index (χ3n) is 3.77. The maximum absolute atomic E-state index is 3.77. The predicted molar refractivity (Wildman–Crippen MR) is 82.2 cm³/mol. The van der Waals surface area contributed by atoms with E-state index in [0.717, 1.165) is 19.5 Å². The molecule has 1 fully saturated rings. The van der Waals surface area contributed by atoms with Crippen molar-refractivity contribution in [1.29, 1.82) is 0 Å². The summed E-state index contributed by atoms with van der Waals surface area (Å²) in [5.74, 6) is 0. The van der Waals surface area contributed by atoms with Crippen LogP contribution in [0.5, 0.6) is 0 Å². The summed E-state index contributed by atoms with van der Waals surface area (Å²) in [7, 11) is 0. The van der Waals surface area contributed by atoms with Crippen molar-refractivity contribution in [1.82, 2.24) is 10.2 Å². The molecule has 0 amide bonds. The number of benzene rings is 1. The van der Waals surface area contributed by atoms with Crippen LogP contribution in [-0.4, -0.2) is 30.6 Å². The van der Waals surface area contributed by atoms with Crippen molar-refractivity contribution in [2.24, 2.45) is 0 Å². The van der Waals surface area contributed by atoms with Gasteiger partial charge in [0.15, 0.2) is 0 Å². The summed E-state index contributed by atoms with van der Waals surface area (Å²) in [6, 6.07) is 11.5. The van der Waals surface area contributed by atoms with Gasteiger partial charge in [0.25, 0.3) is 0 Å². The van der Waals surface area contributed by atoms with Crippen molar-refractivity contribution in [3.05, 3.63) is 48.6 Å². The highest BCUT2D eigenvalue weighted by Gasteiger charge is 2.18. The van der Waals surface area contributed by atoms with E-state index in [1.54, 1.807) is 0 Å². The van der Waals surface area contributed by atoms with Crippen LogP contribution < -0.4 is 5.32 Å². The highest BCUT2D eigenvalue weighted by molar-refractivity contribution is 5.14. The molecule has 1 atom stereocenters. The monoisotopic (exact) mass is 258 g/mol. The Balaban J connectivity index is 1.72. The molecule has 1 aromatic rings. The van der Waals surface area contributed by atoms with E-state index in [-0.39, 0.29) is 0 Å². The van der Waals surface area contributed by atoms with Gasteiger partial charge in [0, 0.05) is 19.1 Å². The summed E-state index contributed by atoms with van der Waals surface area (Å²) in [4.78, 5) is 2.57. The lowest BCUT2D eigenvalue weighted by molar-refractivity contribution is 0.183. The van der Waals surface area contributed by atoms with Crippen LogP contribution in [-0.2, 0) is 6.54 Å². The van der Waals surface area contributed by atoms with Gasteiger partial charge in [0.05, 0.1) is 0 Å². The standard InChI is InChI=1S/C17H26N2/c1-2-3-7-12-18-17-11-8-13-19(15-17)14-16-9-5-4-6-10-16/h2,4-6,9-10,17-18H,1,3,7-8,11-15H2. The van der Waals surface area contributed by atoms with Gasteiger partial charge in [0.1, 0.15) is 0 Å². The molecule has 1 unspecified atom stereocenters. The van der Waals surface area contributed by atoms with E-state index >= 15 is 0 Å². The molecular formula is C17H26N2. The van der Waals surface area contributed by atoms with Crippen LogP contribution in [0.4, 0.5) is 0 Å². The highest BCUT2D eigenvalue weighted by Crippen LogP contribution is 2.13. The van der Waals surface area contributed by atoms with E-state index in [0.29, 0.717) is 6.04 Å². The zero-order valence-corrected chi connectivity index (χ0v) is 11.9. The molecule has 2 nitrogen and oxygen atoms in total. The molecule has 19 heavy (non-hydrogen) atoms. The van der Waals surface area contributed by atoms with Crippen molar-refractivity contribution >= 4 is 0 Å². The molecule has 1 aliphatic rings. The van der Waals surface area contributed by atoms with Crippen LogP contribution in [0.1, 0.15) is 31.2 Å². The number of rotatable bonds is 7. The summed E-state index contributed by atoms with van der Waals surface area (Å²) < 4.78 is 0. The fourth-order valence-corrected chi connectivity index (χ4v) is 2.76. The Labute approximate surface area is 117 Å². The molecule has 1 aliphatic heterocycles. The minimum absolute atomic E-state index is 0.669. The van der Waals surface area contributed by atoms with Crippen molar-refractivity contribution < 1.29 is 0 Å². The second-order valence-corrected chi connectivity index (χ2v) is 5.44. The van der Waals surface area contributed by atoms with E-state index in [1.807, 2.05) is 6.08 Å². The first-order valence-corrected chi connectivity index (χ1v) is 7.49. The van der Waals surface area contributed by atoms with E-state index in [9.17, 15) is 0 Å². The van der Waals surface area contributed by atoms with E-state index in [1.165, 1.54) is 37.9 Å². The molecular weight excluding hydrogens is 232 g/mol. The van der Waals surface area contributed by atoms with Crippen LogP contribution in [0.2, 0.25) is 0 Å². The van der Waals surface area contributed by atoms with Crippen molar-refractivity contribution in [3.8, 4) is 0 Å². The van der Waals surface area contributed by atoms with Crippen LogP contribution in [0.3, 0.4) is 0 Å². The summed E-state index contributed by atoms with van der Waals surface area (Å²) in [5.41, 5.74) is 1.43. The van der Waals surface area contributed by atoms with Gasteiger partial charge < -0.3 is 5.32 Å². The lowest BCUT2D eigenvalue weighted by atomic mass is 10.0. The lowest BCUT2D eigenvalue weighted by Crippen LogP contribution is -2.45. The summed E-state index contributed by atoms with van der Waals surface area (Å²) >= 11 is 0. The molecule has 1 heterocycles. The number of likely N-dealkylation sites (tertiary alicyclic amines) is 1. The molecule has 2 heteroatoms. The molecule has 0 aromatic heterocycles. The van der Waals surface area contributed by atoms with Gasteiger partial charge in [-0.3, -0.25) is 4.90 Å². The average Bonchev–Trinajstić information content (AvgIpc) is 2.45. The molecule has 0 radical (unpaired) electrons. The van der Waals surface area contributed by atoms with Crippen molar-refractivity contribution in [3.63, 3.8) is 0 Å². The van der Waals surface area contributed by atoms with Gasteiger partial charge in [0.2, 0.25) is 0 Å². The van der Waals surface area contributed by atoms with Crippen LogP contribution in [0.15, 0.2) is 43.0 Å². The third-order valence-corrected chi connectivity index (χ3v) is 3.77. The van der Waals surface area contributed by atoms with Gasteiger partial charge in [-0.25, -0.2) is 0 Å². The molecule has 1 N–H and O–H groups in total. The molecule has 0 spiro atoms. The molecule has 0 bridgehead atoms. The summed E-state index contributed by atoms with van der Waals surface area (Å²) in [6.45, 7) is 8.40. The Morgan fingerprint density at radius 1 is 1.32 bits per heavy atom. The number of hydrogen-bond acceptors (Lipinski definition) is 2. The first-order chi connectivity index (χ1) is 9.38. The van der Waals surface area contributed by atoms with Gasteiger partial charge in [-0.05, 0) is 44.3 Å². The summed E-state index contributed by atoms with van der Waals surface area (Å²) in [5, 5.41) is 3.68. The minimum Gasteiger partial charge on any atom is -0.313 e. The maximum atomic E-state index is 3.77. The Morgan fingerprint density at radius 2 is 2.16 bits per heavy atom. The van der Waals surface area contributed by atoms with Crippen LogP contribution in [0, 0.1) is 0 Å². The Hall–Kier alpha value is -1.12. The number of hydrogen-bond donors (Lipinski definition) is 1. The van der Waals surface area contributed by atoms with Crippen LogP contribution >= 0.6 is 0 Å². The number of unbranched alkanes of at least 4 members (excludes halogenated alkanes) is 1. The molecule has 1 aromatic carbocycles. The van der Waals surface area contributed by atoms with Gasteiger partial charge in [-0.1, -0.05) is 36.4 Å². The third kappa shape index (κ3) is 5.17. The fourth-order valence-electron chi connectivity index (χ4n) is 2.76. The molecule has 2 rings (SSSR count). The van der Waals surface area contributed by atoms with E-state index in [2.05, 4.69) is 47.1 Å². The van der Waals surface area contributed by atoms with Crippen molar-refractivity contribution in [2.75, 3.05) is 19.6 Å². The smallest absolute Gasteiger partial charge is 0.0234 e. The maximum Gasteiger partial charge on any atom is 0.0234 e. The molecule has 1 saturated heterocycles. The van der Waals surface area contributed by atoms with E-state index < -0.39 is 0 Å². The quantitative estimate of drug-likeness (QED) is 0.597. The lowest BCUT2D eigenvalue weighted by Gasteiger charge is -2.33. The molecule has 0 saturated carbocycles. The zero-order chi connectivity index (χ0) is 13.3. The van der Waals surface area contributed by atoms with E-state index in [4.69, 9.17) is 0 Å². The first kappa shape index (κ1) is 14.3. The normalized spacial score (nSPS) is 20.3. The van der Waals surface area contributed by atoms with Gasteiger partial charge in [-0.2, -0.15) is 0 Å². The number of nitrogens with zero attached hydrogens (tertiary/aromatic N) is 1. The molecule has 104 valence electrons. The number of piperidine rings is 1. The number of nitrogens with one attached hydrogen (secondary N) is 1. The predicted octanol–water partition coefficient (Wildman–Crippen LogP) is 3.21. The molecule has 0 aliphatic carbocycles. The first-order valence-electron chi connectivity index (χ1n) is 7.49. The summed E-state index contributed by atoms with van der Waals surface area (Å²) in [6.07, 6.45) is 6.96. The Bertz CT molecular complexity index is 361. The average molecular weight is 258 g/mol. The largest absolute Gasteiger partial charge is 0.313 e. The zero-order valence-electron chi connectivity index (χ0n) is 11.9. The SMILES string of the molecule is C=CCCCNC1CCCN(Cc2ccccc2)C1. The van der Waals surface area contributed by atoms with Crippen molar-refractivity contribution in [2.45, 2.75) is 38.3 Å². The Kier molecular flexibility index (Phi) is 6.12. The van der Waals surface area contributed by atoms with Gasteiger partial charge in [-0.15, -0.1) is 6.58 Å². The fraction of sp³-hybridized carbons (Fsp3) is 0.529. The van der Waals surface area contributed by atoms with Crippen LogP contribution in [0.25, 0.3) is 0 Å². The Morgan fingerprint density at radius 3 is 2.95 bits per heavy atom. The second kappa shape index (κ2) is 8.13. The number of allylic oxidation sites excluding steroid dienone is 1. The topological polar surface area (TPSA) is 15.3 Å². The van der Waals surface area contributed by atoms with Gasteiger partial charge >= 0.3 is 0 Å².